The summed E-state index contributed by atoms with van der Waals surface area (Å²) in [5.41, 5.74) is 8.18. The van der Waals surface area contributed by atoms with Crippen LogP contribution in [0.2, 0.25) is 0 Å². The highest BCUT2D eigenvalue weighted by Gasteiger charge is 2.35. The van der Waals surface area contributed by atoms with Crippen LogP contribution in [-0.4, -0.2) is 21.7 Å². The first-order valence-electron chi connectivity index (χ1n) is 8.41. The molecule has 1 aliphatic carbocycles. The molecular formula is C18H22N4O. The zero-order valence-electron chi connectivity index (χ0n) is 13.1. The molecule has 5 nitrogen and oxygen atoms in total. The minimum Gasteiger partial charge on any atom is -0.328 e. The largest absolute Gasteiger partial charge is 0.328 e. The van der Waals surface area contributed by atoms with Gasteiger partial charge in [-0.3, -0.25) is 4.79 Å². The molecule has 2 aliphatic rings. The molecule has 2 aromatic rings. The van der Waals surface area contributed by atoms with Gasteiger partial charge < -0.3 is 11.1 Å². The monoisotopic (exact) mass is 310 g/mol. The Morgan fingerprint density at radius 1 is 1.13 bits per heavy atom. The quantitative estimate of drug-likeness (QED) is 0.896. The highest BCUT2D eigenvalue weighted by molar-refractivity contribution is 5.94. The van der Waals surface area contributed by atoms with E-state index in [-0.39, 0.29) is 11.8 Å². The number of rotatable bonds is 2. The number of nitrogens with two attached hydrogens (primary N) is 1. The fraction of sp³-hybridized carbons (Fsp3) is 0.444. The molecule has 2 heterocycles. The third-order valence-corrected chi connectivity index (χ3v) is 5.25. The molecule has 1 aromatic heterocycles. The van der Waals surface area contributed by atoms with Crippen LogP contribution >= 0.6 is 0 Å². The number of benzene rings is 1. The topological polar surface area (TPSA) is 72.9 Å². The van der Waals surface area contributed by atoms with Crippen molar-refractivity contribution in [3.63, 3.8) is 0 Å². The van der Waals surface area contributed by atoms with Crippen molar-refractivity contribution in [3.05, 3.63) is 42.1 Å². The van der Waals surface area contributed by atoms with Crippen molar-refractivity contribution in [1.82, 2.24) is 9.78 Å². The van der Waals surface area contributed by atoms with Crippen molar-refractivity contribution in [1.29, 1.82) is 0 Å². The summed E-state index contributed by atoms with van der Waals surface area (Å²) in [6.07, 6.45) is 6.83. The fourth-order valence-electron chi connectivity index (χ4n) is 3.98. The van der Waals surface area contributed by atoms with Crippen LogP contribution in [0.3, 0.4) is 0 Å². The first kappa shape index (κ1) is 14.5. The van der Waals surface area contributed by atoms with E-state index in [1.807, 2.05) is 41.2 Å². The van der Waals surface area contributed by atoms with E-state index in [0.29, 0.717) is 18.4 Å². The van der Waals surface area contributed by atoms with E-state index in [1.54, 1.807) is 0 Å². The molecular weight excluding hydrogens is 288 g/mol. The minimum atomic E-state index is 0.0926. The van der Waals surface area contributed by atoms with Crippen molar-refractivity contribution in [2.24, 2.45) is 11.7 Å². The number of amides is 1. The van der Waals surface area contributed by atoms with Gasteiger partial charge in [0.05, 0.1) is 11.9 Å². The predicted octanol–water partition coefficient (Wildman–Crippen LogP) is 2.82. The lowest BCUT2D eigenvalue weighted by Gasteiger charge is -2.34. The molecule has 5 heteroatoms. The van der Waals surface area contributed by atoms with E-state index in [0.717, 1.165) is 37.2 Å². The van der Waals surface area contributed by atoms with Gasteiger partial charge in [0.1, 0.15) is 5.82 Å². The number of hydrogen-bond donors (Lipinski definition) is 2. The number of hydrogen-bond acceptors (Lipinski definition) is 3. The van der Waals surface area contributed by atoms with Gasteiger partial charge in [0.25, 0.3) is 0 Å². The van der Waals surface area contributed by atoms with Gasteiger partial charge in [0, 0.05) is 23.9 Å². The summed E-state index contributed by atoms with van der Waals surface area (Å²) >= 11 is 0. The standard InChI is InChI=1S/C18H22N4O/c19-13-8-6-12(7-9-13)15-10-17(23)21-18-16(15)11-20-22(18)14-4-2-1-3-5-14/h1-5,11-13,15H,6-10,19H2,(H,21,23)/t12?,13?,15-/m1/s1. The van der Waals surface area contributed by atoms with Crippen molar-refractivity contribution < 1.29 is 4.79 Å². The van der Waals surface area contributed by atoms with E-state index < -0.39 is 0 Å². The van der Waals surface area contributed by atoms with Crippen molar-refractivity contribution in [2.45, 2.75) is 44.1 Å². The second-order valence-corrected chi connectivity index (χ2v) is 6.73. The number of nitrogens with one attached hydrogen (secondary N) is 1. The summed E-state index contributed by atoms with van der Waals surface area (Å²) in [5, 5.41) is 7.56. The maximum atomic E-state index is 12.2. The third kappa shape index (κ3) is 2.65. The van der Waals surface area contributed by atoms with Gasteiger partial charge in [0.2, 0.25) is 5.91 Å². The maximum Gasteiger partial charge on any atom is 0.226 e. The van der Waals surface area contributed by atoms with Gasteiger partial charge in [-0.1, -0.05) is 18.2 Å². The number of fused-ring (bicyclic) bond motifs is 1. The number of nitrogens with zero attached hydrogens (tertiary/aromatic N) is 2. The minimum absolute atomic E-state index is 0.0926. The molecule has 0 spiro atoms. The lowest BCUT2D eigenvalue weighted by molar-refractivity contribution is -0.117. The van der Waals surface area contributed by atoms with E-state index >= 15 is 0 Å². The molecule has 4 rings (SSSR count). The van der Waals surface area contributed by atoms with Gasteiger partial charge in [-0.25, -0.2) is 4.68 Å². The molecule has 1 fully saturated rings. The van der Waals surface area contributed by atoms with E-state index in [1.165, 1.54) is 5.56 Å². The number of anilines is 1. The third-order valence-electron chi connectivity index (χ3n) is 5.25. The molecule has 1 aliphatic heterocycles. The van der Waals surface area contributed by atoms with Gasteiger partial charge in [-0.2, -0.15) is 5.10 Å². The van der Waals surface area contributed by atoms with Crippen LogP contribution in [0.15, 0.2) is 36.5 Å². The van der Waals surface area contributed by atoms with Crippen molar-refractivity contribution >= 4 is 11.7 Å². The molecule has 1 amide bonds. The van der Waals surface area contributed by atoms with Crippen LogP contribution < -0.4 is 11.1 Å². The molecule has 3 N–H and O–H groups in total. The SMILES string of the molecule is NC1CCC([C@H]2CC(=O)Nc3c2cnn3-c2ccccc2)CC1. The maximum absolute atomic E-state index is 12.2. The Morgan fingerprint density at radius 3 is 2.61 bits per heavy atom. The summed E-state index contributed by atoms with van der Waals surface area (Å²) < 4.78 is 1.84. The highest BCUT2D eigenvalue weighted by atomic mass is 16.1. The summed E-state index contributed by atoms with van der Waals surface area (Å²) in [7, 11) is 0. The van der Waals surface area contributed by atoms with Crippen LogP contribution in [0.25, 0.3) is 5.69 Å². The average molecular weight is 310 g/mol. The summed E-state index contributed by atoms with van der Waals surface area (Å²) in [4.78, 5) is 12.2. The molecule has 0 unspecified atom stereocenters. The summed E-state index contributed by atoms with van der Waals surface area (Å²) in [6.45, 7) is 0. The Morgan fingerprint density at radius 2 is 1.87 bits per heavy atom. The van der Waals surface area contributed by atoms with Crippen LogP contribution in [0.4, 0.5) is 5.82 Å². The van der Waals surface area contributed by atoms with Crippen LogP contribution in [0, 0.1) is 5.92 Å². The predicted molar refractivity (Wildman–Crippen MR) is 89.5 cm³/mol. The Kier molecular flexibility index (Phi) is 3.65. The molecule has 1 saturated carbocycles. The summed E-state index contributed by atoms with van der Waals surface area (Å²) in [5.74, 6) is 1.74. The van der Waals surface area contributed by atoms with Gasteiger partial charge >= 0.3 is 0 Å². The molecule has 0 radical (unpaired) electrons. The van der Waals surface area contributed by atoms with E-state index in [4.69, 9.17) is 5.73 Å². The van der Waals surface area contributed by atoms with Crippen LogP contribution in [0.5, 0.6) is 0 Å². The van der Waals surface area contributed by atoms with Crippen molar-refractivity contribution in [2.75, 3.05) is 5.32 Å². The fourth-order valence-corrected chi connectivity index (χ4v) is 3.98. The van der Waals surface area contributed by atoms with Gasteiger partial charge in [-0.15, -0.1) is 0 Å². The van der Waals surface area contributed by atoms with E-state index in [2.05, 4.69) is 10.4 Å². The highest BCUT2D eigenvalue weighted by Crippen LogP contribution is 2.43. The smallest absolute Gasteiger partial charge is 0.226 e. The number of carbonyl (C=O) groups is 1. The summed E-state index contributed by atoms with van der Waals surface area (Å²) in [6, 6.07) is 10.3. The number of aromatic nitrogens is 2. The lowest BCUT2D eigenvalue weighted by Crippen LogP contribution is -2.33. The van der Waals surface area contributed by atoms with Crippen molar-refractivity contribution in [3.8, 4) is 5.69 Å². The lowest BCUT2D eigenvalue weighted by atomic mass is 9.73. The average Bonchev–Trinajstić information content (AvgIpc) is 2.99. The number of carbonyl (C=O) groups excluding carboxylic acids is 1. The second-order valence-electron chi connectivity index (χ2n) is 6.73. The van der Waals surface area contributed by atoms with E-state index in [9.17, 15) is 4.79 Å². The molecule has 120 valence electrons. The Labute approximate surface area is 135 Å². The van der Waals surface area contributed by atoms with Crippen LogP contribution in [-0.2, 0) is 4.79 Å². The Hall–Kier alpha value is -2.14. The zero-order chi connectivity index (χ0) is 15.8. The van der Waals surface area contributed by atoms with Gasteiger partial charge in [0.15, 0.2) is 0 Å². The molecule has 1 aromatic carbocycles. The first-order valence-corrected chi connectivity index (χ1v) is 8.41. The van der Waals surface area contributed by atoms with Crippen LogP contribution in [0.1, 0.15) is 43.6 Å². The van der Waals surface area contributed by atoms with Gasteiger partial charge in [-0.05, 0) is 43.7 Å². The second kappa shape index (κ2) is 5.81. The number of para-hydroxylation sites is 1. The molecule has 0 saturated heterocycles. The Bertz CT molecular complexity index is 701. The first-order chi connectivity index (χ1) is 11.2. The normalized spacial score (nSPS) is 27.3. The molecule has 1 atom stereocenters. The Balaban J connectivity index is 1.69. The molecule has 23 heavy (non-hydrogen) atoms. The zero-order valence-corrected chi connectivity index (χ0v) is 13.1. The molecule has 0 bridgehead atoms.